The predicted molar refractivity (Wildman–Crippen MR) is 107 cm³/mol. The maximum Gasteiger partial charge on any atom is 0.227 e. The van der Waals surface area contributed by atoms with Crippen LogP contribution in [0.25, 0.3) is 0 Å². The molecule has 9 heteroatoms. The molecule has 1 aliphatic rings. The minimum absolute atomic E-state index is 0.113. The maximum atomic E-state index is 10.9. The van der Waals surface area contributed by atoms with Gasteiger partial charge in [0.1, 0.15) is 0 Å². The van der Waals surface area contributed by atoms with Gasteiger partial charge in [0.15, 0.2) is 11.6 Å². The van der Waals surface area contributed by atoms with E-state index in [9.17, 15) is 4.79 Å². The summed E-state index contributed by atoms with van der Waals surface area (Å²) in [6, 6.07) is 5.29. The minimum atomic E-state index is -0.113. The lowest BCUT2D eigenvalue weighted by Gasteiger charge is -2.32. The number of piperazine rings is 1. The molecule has 1 N–H and O–H groups in total. The van der Waals surface area contributed by atoms with Crippen LogP contribution >= 0.6 is 23.2 Å². The third-order valence-corrected chi connectivity index (χ3v) is 5.05. The van der Waals surface area contributed by atoms with Crippen molar-refractivity contribution >= 4 is 41.4 Å². The normalized spacial score (nSPS) is 15.4. The molecule has 1 atom stereocenters. The predicted octanol–water partition coefficient (Wildman–Crippen LogP) is 3.24. The van der Waals surface area contributed by atoms with Gasteiger partial charge in [-0.3, -0.25) is 4.79 Å². The lowest BCUT2D eigenvalue weighted by molar-refractivity contribution is -0.118. The Morgan fingerprint density at radius 1 is 1.26 bits per heavy atom. The second-order valence-electron chi connectivity index (χ2n) is 6.25. The van der Waals surface area contributed by atoms with E-state index in [4.69, 9.17) is 27.9 Å². The minimum Gasteiger partial charge on any atom is -0.491 e. The second kappa shape index (κ2) is 8.63. The Morgan fingerprint density at radius 3 is 2.63 bits per heavy atom. The number of halogens is 2. The summed E-state index contributed by atoms with van der Waals surface area (Å²) in [6.07, 6.45) is 2.52. The molecular formula is C18H21Cl2N5O2. The molecule has 2 aromatic rings. The smallest absolute Gasteiger partial charge is 0.227 e. The highest BCUT2D eigenvalue weighted by molar-refractivity contribution is 6.35. The molecule has 0 aliphatic carbocycles. The van der Waals surface area contributed by atoms with E-state index in [0.29, 0.717) is 53.7 Å². The van der Waals surface area contributed by atoms with Gasteiger partial charge >= 0.3 is 0 Å². The van der Waals surface area contributed by atoms with Crippen LogP contribution in [-0.4, -0.2) is 54.6 Å². The Labute approximate surface area is 168 Å². The van der Waals surface area contributed by atoms with E-state index in [2.05, 4.69) is 15.3 Å². The quantitative estimate of drug-likeness (QED) is 0.738. The van der Waals surface area contributed by atoms with E-state index in [1.54, 1.807) is 30.3 Å². The lowest BCUT2D eigenvalue weighted by atomic mass is 10.1. The third-order valence-electron chi connectivity index (χ3n) is 4.49. The number of benzene rings is 1. The highest BCUT2D eigenvalue weighted by atomic mass is 35.5. The fourth-order valence-corrected chi connectivity index (χ4v) is 3.50. The van der Waals surface area contributed by atoms with E-state index in [1.165, 1.54) is 0 Å². The van der Waals surface area contributed by atoms with Crippen molar-refractivity contribution in [2.75, 3.05) is 43.5 Å². The van der Waals surface area contributed by atoms with E-state index >= 15 is 0 Å². The number of ether oxygens (including phenoxy) is 1. The molecule has 1 amide bonds. The van der Waals surface area contributed by atoms with Crippen molar-refractivity contribution in [1.29, 1.82) is 0 Å². The summed E-state index contributed by atoms with van der Waals surface area (Å²) >= 11 is 12.3. The Morgan fingerprint density at radius 2 is 2.00 bits per heavy atom. The zero-order chi connectivity index (χ0) is 19.4. The average Bonchev–Trinajstić information content (AvgIpc) is 2.68. The molecule has 1 fully saturated rings. The van der Waals surface area contributed by atoms with E-state index in [1.807, 2.05) is 17.9 Å². The van der Waals surface area contributed by atoms with Crippen molar-refractivity contribution in [1.82, 2.24) is 14.9 Å². The summed E-state index contributed by atoms with van der Waals surface area (Å²) in [5.74, 6) is 1.72. The fourth-order valence-electron chi connectivity index (χ4n) is 2.93. The zero-order valence-electron chi connectivity index (χ0n) is 15.2. The van der Waals surface area contributed by atoms with Gasteiger partial charge < -0.3 is 19.9 Å². The molecular weight excluding hydrogens is 389 g/mol. The van der Waals surface area contributed by atoms with Gasteiger partial charge in [0.2, 0.25) is 12.4 Å². The van der Waals surface area contributed by atoms with Crippen LogP contribution in [-0.2, 0) is 4.79 Å². The SMILES string of the molecule is COc1cnc(N2CCN(C=O)CC2)nc1NC(C)c1ccc(Cl)cc1Cl. The lowest BCUT2D eigenvalue weighted by Crippen LogP contribution is -2.46. The van der Waals surface area contributed by atoms with Crippen molar-refractivity contribution in [3.8, 4) is 5.75 Å². The van der Waals surface area contributed by atoms with Crippen LogP contribution in [0.4, 0.5) is 11.8 Å². The largest absolute Gasteiger partial charge is 0.491 e. The first-order valence-corrected chi connectivity index (χ1v) is 9.34. The van der Waals surface area contributed by atoms with Crippen molar-refractivity contribution in [3.05, 3.63) is 40.0 Å². The molecule has 0 spiro atoms. The van der Waals surface area contributed by atoms with Gasteiger partial charge in [-0.1, -0.05) is 29.3 Å². The molecule has 2 heterocycles. The number of hydrogen-bond acceptors (Lipinski definition) is 6. The number of methoxy groups -OCH3 is 1. The topological polar surface area (TPSA) is 70.6 Å². The molecule has 3 rings (SSSR count). The third kappa shape index (κ3) is 4.54. The van der Waals surface area contributed by atoms with Gasteiger partial charge in [0.05, 0.1) is 19.3 Å². The van der Waals surface area contributed by atoms with E-state index < -0.39 is 0 Å². The number of amides is 1. The summed E-state index contributed by atoms with van der Waals surface area (Å²) in [7, 11) is 1.58. The van der Waals surface area contributed by atoms with Crippen LogP contribution in [0.15, 0.2) is 24.4 Å². The number of carbonyl (C=O) groups is 1. The number of aromatic nitrogens is 2. The first-order valence-electron chi connectivity index (χ1n) is 8.58. The maximum absolute atomic E-state index is 10.9. The first-order chi connectivity index (χ1) is 13.0. The molecule has 1 aliphatic heterocycles. The van der Waals surface area contributed by atoms with Crippen LogP contribution in [0.1, 0.15) is 18.5 Å². The fraction of sp³-hybridized carbons (Fsp3) is 0.389. The first kappa shape index (κ1) is 19.5. The van der Waals surface area contributed by atoms with Gasteiger partial charge in [0, 0.05) is 36.2 Å². The van der Waals surface area contributed by atoms with Crippen LogP contribution in [0.2, 0.25) is 10.0 Å². The average molecular weight is 410 g/mol. The Kier molecular flexibility index (Phi) is 6.23. The number of carbonyl (C=O) groups excluding carboxylic acids is 1. The number of nitrogens with one attached hydrogen (secondary N) is 1. The summed E-state index contributed by atoms with van der Waals surface area (Å²) in [4.78, 5) is 23.7. The van der Waals surface area contributed by atoms with Gasteiger partial charge in [-0.05, 0) is 24.6 Å². The molecule has 0 saturated carbocycles. The van der Waals surface area contributed by atoms with Gasteiger partial charge in [-0.2, -0.15) is 4.98 Å². The Balaban J connectivity index is 1.80. The summed E-state index contributed by atoms with van der Waals surface area (Å²) in [5, 5.41) is 4.51. The van der Waals surface area contributed by atoms with Gasteiger partial charge in [-0.25, -0.2) is 4.98 Å². The van der Waals surface area contributed by atoms with Crippen LogP contribution < -0.4 is 15.0 Å². The molecule has 1 unspecified atom stereocenters. The highest BCUT2D eigenvalue weighted by Crippen LogP contribution is 2.31. The van der Waals surface area contributed by atoms with Crippen molar-refractivity contribution in [3.63, 3.8) is 0 Å². The second-order valence-corrected chi connectivity index (χ2v) is 7.09. The van der Waals surface area contributed by atoms with Gasteiger partial charge in [-0.15, -0.1) is 0 Å². The number of rotatable bonds is 6. The summed E-state index contributed by atoms with van der Waals surface area (Å²) in [5.41, 5.74) is 0.905. The van der Waals surface area contributed by atoms with Crippen molar-refractivity contribution in [2.24, 2.45) is 0 Å². The molecule has 1 saturated heterocycles. The number of nitrogens with zero attached hydrogens (tertiary/aromatic N) is 4. The molecule has 1 aromatic carbocycles. The molecule has 7 nitrogen and oxygen atoms in total. The van der Waals surface area contributed by atoms with Crippen LogP contribution in [0, 0.1) is 0 Å². The van der Waals surface area contributed by atoms with E-state index in [0.717, 1.165) is 12.0 Å². The molecule has 144 valence electrons. The highest BCUT2D eigenvalue weighted by Gasteiger charge is 2.20. The molecule has 1 aromatic heterocycles. The van der Waals surface area contributed by atoms with Crippen molar-refractivity contribution in [2.45, 2.75) is 13.0 Å². The molecule has 27 heavy (non-hydrogen) atoms. The molecule has 0 bridgehead atoms. The number of anilines is 2. The van der Waals surface area contributed by atoms with Crippen LogP contribution in [0.3, 0.4) is 0 Å². The van der Waals surface area contributed by atoms with Gasteiger partial charge in [0.25, 0.3) is 0 Å². The zero-order valence-corrected chi connectivity index (χ0v) is 16.7. The monoisotopic (exact) mass is 409 g/mol. The summed E-state index contributed by atoms with van der Waals surface area (Å²) < 4.78 is 5.39. The Bertz CT molecular complexity index is 812. The van der Waals surface area contributed by atoms with Crippen molar-refractivity contribution < 1.29 is 9.53 Å². The Hall–Kier alpha value is -2.25. The molecule has 0 radical (unpaired) electrons. The van der Waals surface area contributed by atoms with E-state index in [-0.39, 0.29) is 6.04 Å². The van der Waals surface area contributed by atoms with Crippen LogP contribution in [0.5, 0.6) is 5.75 Å². The summed E-state index contributed by atoms with van der Waals surface area (Å²) in [6.45, 7) is 4.65. The number of hydrogen-bond donors (Lipinski definition) is 1. The standard InChI is InChI=1S/C18H21Cl2N5O2/c1-12(14-4-3-13(19)9-15(14)20)22-17-16(27-2)10-21-18(23-17)25-7-5-24(11-26)6-8-25/h3-4,9-12H,5-8H2,1-2H3,(H,21,22,23).